The average Bonchev–Trinajstić information content (AvgIpc) is 2.85. The Morgan fingerprint density at radius 1 is 1.21 bits per heavy atom. The van der Waals surface area contributed by atoms with Gasteiger partial charge in [0.05, 0.1) is 22.6 Å². The lowest BCUT2D eigenvalue weighted by Crippen LogP contribution is -2.41. The van der Waals surface area contributed by atoms with Crippen molar-refractivity contribution in [2.45, 2.75) is 52.5 Å². The maximum Gasteiger partial charge on any atom is 0.255 e. The summed E-state index contributed by atoms with van der Waals surface area (Å²) in [5.74, 6) is 0.164. The Balaban J connectivity index is 1.85. The molecule has 2 aromatic rings. The Kier molecular flexibility index (Phi) is 4.69. The number of aryl methyl sites for hydroxylation is 1. The first-order valence-electron chi connectivity index (χ1n) is 8.60. The van der Waals surface area contributed by atoms with Crippen LogP contribution < -0.4 is 5.32 Å². The van der Waals surface area contributed by atoms with Crippen LogP contribution in [0.3, 0.4) is 0 Å². The molecule has 128 valence electrons. The molecule has 1 aliphatic rings. The predicted octanol–water partition coefficient (Wildman–Crippen LogP) is 3.94. The third kappa shape index (κ3) is 3.21. The van der Waals surface area contributed by atoms with Crippen molar-refractivity contribution in [1.29, 1.82) is 0 Å². The summed E-state index contributed by atoms with van der Waals surface area (Å²) in [6.07, 6.45) is 4.62. The number of rotatable bonds is 3. The van der Waals surface area contributed by atoms with Crippen LogP contribution in [0.5, 0.6) is 0 Å². The van der Waals surface area contributed by atoms with Crippen molar-refractivity contribution in [3.63, 3.8) is 0 Å². The number of nitrogens with one attached hydrogen (secondary N) is 1. The number of amides is 1. The molecular formula is C19H24FN3O. The summed E-state index contributed by atoms with van der Waals surface area (Å²) < 4.78 is 14.8. The molecule has 1 fully saturated rings. The van der Waals surface area contributed by atoms with Gasteiger partial charge in [0.25, 0.3) is 5.91 Å². The van der Waals surface area contributed by atoms with E-state index in [4.69, 9.17) is 0 Å². The Labute approximate surface area is 142 Å². The van der Waals surface area contributed by atoms with Crippen LogP contribution in [0.1, 0.15) is 54.4 Å². The van der Waals surface area contributed by atoms with Crippen molar-refractivity contribution in [2.24, 2.45) is 5.92 Å². The Morgan fingerprint density at radius 2 is 1.88 bits per heavy atom. The zero-order valence-electron chi connectivity index (χ0n) is 14.5. The van der Waals surface area contributed by atoms with Gasteiger partial charge in [-0.1, -0.05) is 19.8 Å². The van der Waals surface area contributed by atoms with Crippen molar-refractivity contribution in [1.82, 2.24) is 15.1 Å². The lowest BCUT2D eigenvalue weighted by Gasteiger charge is -2.29. The molecule has 0 spiro atoms. The number of aromatic nitrogens is 2. The molecule has 0 bridgehead atoms. The average molecular weight is 329 g/mol. The summed E-state index contributed by atoms with van der Waals surface area (Å²) in [5.41, 5.74) is 2.84. The minimum atomic E-state index is -0.287. The van der Waals surface area contributed by atoms with E-state index in [1.807, 2.05) is 13.8 Å². The van der Waals surface area contributed by atoms with Gasteiger partial charge in [0, 0.05) is 6.04 Å². The van der Waals surface area contributed by atoms with E-state index in [1.165, 1.54) is 25.0 Å². The molecular weight excluding hydrogens is 305 g/mol. The Bertz CT molecular complexity index is 736. The van der Waals surface area contributed by atoms with Gasteiger partial charge in [0.1, 0.15) is 5.82 Å². The van der Waals surface area contributed by atoms with Crippen LogP contribution in [0.2, 0.25) is 0 Å². The van der Waals surface area contributed by atoms with Crippen molar-refractivity contribution in [3.8, 4) is 5.69 Å². The minimum absolute atomic E-state index is 0.0582. The minimum Gasteiger partial charge on any atom is -0.349 e. The van der Waals surface area contributed by atoms with Crippen LogP contribution in [0.15, 0.2) is 24.3 Å². The van der Waals surface area contributed by atoms with E-state index in [2.05, 4.69) is 17.3 Å². The van der Waals surface area contributed by atoms with Gasteiger partial charge in [-0.2, -0.15) is 5.10 Å². The molecule has 1 aliphatic carbocycles. The van der Waals surface area contributed by atoms with E-state index in [0.717, 1.165) is 24.2 Å². The highest BCUT2D eigenvalue weighted by molar-refractivity contribution is 5.96. The van der Waals surface area contributed by atoms with Crippen molar-refractivity contribution in [2.75, 3.05) is 0 Å². The second kappa shape index (κ2) is 6.75. The largest absolute Gasteiger partial charge is 0.349 e. The molecule has 1 heterocycles. The Morgan fingerprint density at radius 3 is 2.54 bits per heavy atom. The molecule has 5 heteroatoms. The van der Waals surface area contributed by atoms with Gasteiger partial charge in [-0.15, -0.1) is 0 Å². The Hall–Kier alpha value is -2.17. The van der Waals surface area contributed by atoms with Crippen LogP contribution >= 0.6 is 0 Å². The standard InChI is InChI=1S/C19H24FN3O/c1-12-6-4-5-7-17(12)21-19(24)18-13(2)22-23(14(18)3)16-10-8-15(20)9-11-16/h8-12,17H,4-7H2,1-3H3,(H,21,24). The fraction of sp³-hybridized carbons (Fsp3) is 0.474. The first-order chi connectivity index (χ1) is 11.5. The second-order valence-corrected chi connectivity index (χ2v) is 6.78. The smallest absolute Gasteiger partial charge is 0.255 e. The van der Waals surface area contributed by atoms with Gasteiger partial charge < -0.3 is 5.32 Å². The van der Waals surface area contributed by atoms with E-state index in [0.29, 0.717) is 17.2 Å². The van der Waals surface area contributed by atoms with Crippen molar-refractivity contribution >= 4 is 5.91 Å². The molecule has 24 heavy (non-hydrogen) atoms. The third-order valence-electron chi connectivity index (χ3n) is 5.02. The number of nitrogens with zero attached hydrogens (tertiary/aromatic N) is 2. The van der Waals surface area contributed by atoms with Crippen molar-refractivity contribution in [3.05, 3.63) is 47.0 Å². The van der Waals surface area contributed by atoms with Crippen LogP contribution in [0.25, 0.3) is 5.69 Å². The number of hydrogen-bond donors (Lipinski definition) is 1. The quantitative estimate of drug-likeness (QED) is 0.927. The monoisotopic (exact) mass is 329 g/mol. The molecule has 0 saturated heterocycles. The molecule has 1 aromatic heterocycles. The SMILES string of the molecule is Cc1nn(-c2ccc(F)cc2)c(C)c1C(=O)NC1CCCCC1C. The van der Waals surface area contributed by atoms with Crippen LogP contribution in [-0.4, -0.2) is 21.7 Å². The first kappa shape index (κ1) is 16.7. The fourth-order valence-electron chi connectivity index (χ4n) is 3.58. The normalized spacial score (nSPS) is 20.8. The van der Waals surface area contributed by atoms with Gasteiger partial charge >= 0.3 is 0 Å². The summed E-state index contributed by atoms with van der Waals surface area (Å²) in [7, 11) is 0. The van der Waals surface area contributed by atoms with E-state index in [9.17, 15) is 9.18 Å². The molecule has 2 atom stereocenters. The highest BCUT2D eigenvalue weighted by Crippen LogP contribution is 2.25. The molecule has 1 N–H and O–H groups in total. The molecule has 4 nitrogen and oxygen atoms in total. The lowest BCUT2D eigenvalue weighted by molar-refractivity contribution is 0.0909. The van der Waals surface area contributed by atoms with E-state index in [-0.39, 0.29) is 17.8 Å². The maximum absolute atomic E-state index is 13.1. The molecule has 2 unspecified atom stereocenters. The maximum atomic E-state index is 13.1. The second-order valence-electron chi connectivity index (χ2n) is 6.78. The zero-order chi connectivity index (χ0) is 17.3. The summed E-state index contributed by atoms with van der Waals surface area (Å²) in [6, 6.07) is 6.36. The first-order valence-corrected chi connectivity index (χ1v) is 8.60. The zero-order valence-corrected chi connectivity index (χ0v) is 14.5. The number of benzene rings is 1. The summed E-state index contributed by atoms with van der Waals surface area (Å²) in [6.45, 7) is 5.92. The van der Waals surface area contributed by atoms with Gasteiger partial charge in [-0.3, -0.25) is 4.79 Å². The van der Waals surface area contributed by atoms with Crippen LogP contribution in [0, 0.1) is 25.6 Å². The number of carbonyl (C=O) groups excluding carboxylic acids is 1. The molecule has 3 rings (SSSR count). The number of carbonyl (C=O) groups is 1. The van der Waals surface area contributed by atoms with Gasteiger partial charge in [-0.05, 0) is 56.9 Å². The molecule has 0 aliphatic heterocycles. The van der Waals surface area contributed by atoms with E-state index >= 15 is 0 Å². The molecule has 1 amide bonds. The van der Waals surface area contributed by atoms with Gasteiger partial charge in [-0.25, -0.2) is 9.07 Å². The van der Waals surface area contributed by atoms with Crippen LogP contribution in [0.4, 0.5) is 4.39 Å². The van der Waals surface area contributed by atoms with E-state index < -0.39 is 0 Å². The predicted molar refractivity (Wildman–Crippen MR) is 91.9 cm³/mol. The summed E-state index contributed by atoms with van der Waals surface area (Å²) in [5, 5.41) is 7.66. The number of halogens is 1. The summed E-state index contributed by atoms with van der Waals surface area (Å²) >= 11 is 0. The third-order valence-corrected chi connectivity index (χ3v) is 5.02. The molecule has 0 radical (unpaired) electrons. The number of hydrogen-bond acceptors (Lipinski definition) is 2. The highest BCUT2D eigenvalue weighted by atomic mass is 19.1. The van der Waals surface area contributed by atoms with Gasteiger partial charge in [0.2, 0.25) is 0 Å². The highest BCUT2D eigenvalue weighted by Gasteiger charge is 2.26. The summed E-state index contributed by atoms with van der Waals surface area (Å²) in [4.78, 5) is 12.8. The van der Waals surface area contributed by atoms with Crippen LogP contribution in [-0.2, 0) is 0 Å². The van der Waals surface area contributed by atoms with E-state index in [1.54, 1.807) is 16.8 Å². The fourth-order valence-corrected chi connectivity index (χ4v) is 3.58. The topological polar surface area (TPSA) is 46.9 Å². The molecule has 1 aromatic carbocycles. The lowest BCUT2D eigenvalue weighted by atomic mass is 9.86. The molecule has 1 saturated carbocycles. The van der Waals surface area contributed by atoms with Crippen molar-refractivity contribution < 1.29 is 9.18 Å². The van der Waals surface area contributed by atoms with Gasteiger partial charge in [0.15, 0.2) is 0 Å².